The second-order valence-electron chi connectivity index (χ2n) is 7.58. The van der Waals surface area contributed by atoms with Crippen molar-refractivity contribution in [2.24, 2.45) is 4.99 Å². The van der Waals surface area contributed by atoms with Crippen molar-refractivity contribution < 1.29 is 9.72 Å². The molecule has 9 heteroatoms. The van der Waals surface area contributed by atoms with Crippen molar-refractivity contribution >= 4 is 57.6 Å². The standard InChI is InChI=1S/C23H23ClN4O3S/c1-2-27-22(29)21(15-16-14-19(28(30)31)10-11-20(16)24)32-23(27)25-17-6-8-18(9-7-17)26-12-4-3-5-13-26/h6-11,14-15H,2-5,12-13H2,1H3/b21-15-,25-23?. The summed E-state index contributed by atoms with van der Waals surface area (Å²) in [5.74, 6) is -0.191. The number of benzene rings is 2. The molecule has 2 aromatic carbocycles. The van der Waals surface area contributed by atoms with E-state index in [2.05, 4.69) is 17.0 Å². The number of amidine groups is 1. The number of anilines is 1. The Labute approximate surface area is 195 Å². The highest BCUT2D eigenvalue weighted by Crippen LogP contribution is 2.36. The molecule has 0 bridgehead atoms. The number of hydrogen-bond donors (Lipinski definition) is 0. The minimum Gasteiger partial charge on any atom is -0.372 e. The first-order valence-corrected chi connectivity index (χ1v) is 11.7. The molecular formula is C23H23ClN4O3S. The lowest BCUT2D eigenvalue weighted by Gasteiger charge is -2.28. The molecule has 2 heterocycles. The van der Waals surface area contributed by atoms with Gasteiger partial charge < -0.3 is 4.90 Å². The summed E-state index contributed by atoms with van der Waals surface area (Å²) in [7, 11) is 0. The zero-order valence-corrected chi connectivity index (χ0v) is 19.2. The third-order valence-corrected chi connectivity index (χ3v) is 6.83. The number of nitro benzene ring substituents is 1. The molecule has 0 atom stereocenters. The monoisotopic (exact) mass is 470 g/mol. The molecule has 2 fully saturated rings. The van der Waals surface area contributed by atoms with Gasteiger partial charge in [0.1, 0.15) is 0 Å². The van der Waals surface area contributed by atoms with Crippen LogP contribution in [-0.4, -0.2) is 40.5 Å². The second kappa shape index (κ2) is 9.75. The van der Waals surface area contributed by atoms with Crippen molar-refractivity contribution in [3.8, 4) is 0 Å². The maximum Gasteiger partial charge on any atom is 0.270 e. The number of thioether (sulfide) groups is 1. The highest BCUT2D eigenvalue weighted by molar-refractivity contribution is 8.18. The molecule has 0 aromatic heterocycles. The molecule has 32 heavy (non-hydrogen) atoms. The van der Waals surface area contributed by atoms with Gasteiger partial charge in [-0.15, -0.1) is 0 Å². The van der Waals surface area contributed by atoms with E-state index in [1.165, 1.54) is 54.9 Å². The number of carbonyl (C=O) groups is 1. The zero-order valence-electron chi connectivity index (χ0n) is 17.7. The first kappa shape index (κ1) is 22.4. The second-order valence-corrected chi connectivity index (χ2v) is 9.00. The molecule has 1 amide bonds. The van der Waals surface area contributed by atoms with Crippen molar-refractivity contribution in [1.29, 1.82) is 0 Å². The van der Waals surface area contributed by atoms with Crippen molar-refractivity contribution in [3.05, 3.63) is 68.1 Å². The van der Waals surface area contributed by atoms with Crippen LogP contribution >= 0.6 is 23.4 Å². The third kappa shape index (κ3) is 4.81. The number of non-ortho nitro benzene ring substituents is 1. The summed E-state index contributed by atoms with van der Waals surface area (Å²) >= 11 is 7.45. The fourth-order valence-electron chi connectivity index (χ4n) is 3.77. The molecule has 166 valence electrons. The van der Waals surface area contributed by atoms with Crippen molar-refractivity contribution in [3.63, 3.8) is 0 Å². The zero-order chi connectivity index (χ0) is 22.7. The van der Waals surface area contributed by atoms with Crippen LogP contribution in [0.4, 0.5) is 17.1 Å². The third-order valence-electron chi connectivity index (χ3n) is 5.48. The summed E-state index contributed by atoms with van der Waals surface area (Å²) in [5, 5.41) is 12.0. The van der Waals surface area contributed by atoms with E-state index < -0.39 is 4.92 Å². The predicted octanol–water partition coefficient (Wildman–Crippen LogP) is 5.86. The number of rotatable bonds is 5. The number of halogens is 1. The number of amides is 1. The average Bonchev–Trinajstić information content (AvgIpc) is 3.10. The van der Waals surface area contributed by atoms with Gasteiger partial charge in [-0.05, 0) is 74.4 Å². The quantitative estimate of drug-likeness (QED) is 0.310. The molecule has 0 radical (unpaired) electrons. The van der Waals surface area contributed by atoms with Gasteiger partial charge in [0.15, 0.2) is 5.17 Å². The van der Waals surface area contributed by atoms with Gasteiger partial charge in [-0.1, -0.05) is 11.6 Å². The molecule has 0 unspecified atom stereocenters. The van der Waals surface area contributed by atoms with E-state index in [0.717, 1.165) is 18.8 Å². The van der Waals surface area contributed by atoms with Crippen LogP contribution in [0.25, 0.3) is 6.08 Å². The van der Waals surface area contributed by atoms with E-state index in [1.54, 1.807) is 11.0 Å². The Kier molecular flexibility index (Phi) is 6.81. The fraction of sp³-hybridized carbons (Fsp3) is 0.304. The molecule has 0 aliphatic carbocycles. The van der Waals surface area contributed by atoms with Crippen LogP contribution in [0.5, 0.6) is 0 Å². The number of nitrogens with zero attached hydrogens (tertiary/aromatic N) is 4. The Morgan fingerprint density at radius 1 is 1.16 bits per heavy atom. The largest absolute Gasteiger partial charge is 0.372 e. The van der Waals surface area contributed by atoms with Crippen molar-refractivity contribution in [2.45, 2.75) is 26.2 Å². The van der Waals surface area contributed by atoms with Gasteiger partial charge in [0.25, 0.3) is 11.6 Å². The number of hydrogen-bond acceptors (Lipinski definition) is 6. The predicted molar refractivity (Wildman–Crippen MR) is 131 cm³/mol. The number of piperidine rings is 1. The fourth-order valence-corrected chi connectivity index (χ4v) is 4.99. The smallest absolute Gasteiger partial charge is 0.270 e. The van der Waals surface area contributed by atoms with Crippen LogP contribution < -0.4 is 4.90 Å². The maximum absolute atomic E-state index is 12.9. The molecule has 4 rings (SSSR count). The lowest BCUT2D eigenvalue weighted by molar-refractivity contribution is -0.384. The van der Waals surface area contributed by atoms with E-state index in [9.17, 15) is 14.9 Å². The van der Waals surface area contributed by atoms with Gasteiger partial charge in [-0.25, -0.2) is 4.99 Å². The minimum absolute atomic E-state index is 0.0771. The van der Waals surface area contributed by atoms with Crippen LogP contribution in [0.1, 0.15) is 31.7 Å². The highest BCUT2D eigenvalue weighted by Gasteiger charge is 2.32. The first-order valence-electron chi connectivity index (χ1n) is 10.6. The lowest BCUT2D eigenvalue weighted by atomic mass is 10.1. The van der Waals surface area contributed by atoms with Crippen molar-refractivity contribution in [1.82, 2.24) is 4.90 Å². The van der Waals surface area contributed by atoms with E-state index in [1.807, 2.05) is 19.1 Å². The Balaban J connectivity index is 1.58. The molecule has 2 aliphatic rings. The van der Waals surface area contributed by atoms with Crippen LogP contribution in [0.2, 0.25) is 5.02 Å². The lowest BCUT2D eigenvalue weighted by Crippen LogP contribution is -2.29. The maximum atomic E-state index is 12.9. The van der Waals surface area contributed by atoms with Gasteiger partial charge in [-0.2, -0.15) is 0 Å². The highest BCUT2D eigenvalue weighted by atomic mass is 35.5. The average molecular weight is 471 g/mol. The topological polar surface area (TPSA) is 79.0 Å². The normalized spacial score (nSPS) is 19.2. The molecule has 7 nitrogen and oxygen atoms in total. The number of aliphatic imine (C=N–C) groups is 1. The van der Waals surface area contributed by atoms with Crippen LogP contribution in [0, 0.1) is 10.1 Å². The summed E-state index contributed by atoms with van der Waals surface area (Å²) in [6, 6.07) is 12.3. The summed E-state index contributed by atoms with van der Waals surface area (Å²) in [4.78, 5) is 32.6. The minimum atomic E-state index is -0.485. The number of nitro groups is 1. The van der Waals surface area contributed by atoms with Gasteiger partial charge >= 0.3 is 0 Å². The summed E-state index contributed by atoms with van der Waals surface area (Å²) < 4.78 is 0. The van der Waals surface area contributed by atoms with E-state index >= 15 is 0 Å². The molecule has 0 saturated carbocycles. The van der Waals surface area contributed by atoms with Crippen LogP contribution in [0.15, 0.2) is 52.4 Å². The van der Waals surface area contributed by atoms with Gasteiger partial charge in [0, 0.05) is 48.0 Å². The molecule has 2 aromatic rings. The summed E-state index contributed by atoms with van der Waals surface area (Å²) in [6.07, 6.45) is 5.32. The van der Waals surface area contributed by atoms with Crippen molar-refractivity contribution in [2.75, 3.05) is 24.5 Å². The molecule has 2 saturated heterocycles. The summed E-state index contributed by atoms with van der Waals surface area (Å²) in [6.45, 7) is 4.51. The Morgan fingerprint density at radius 3 is 2.53 bits per heavy atom. The van der Waals surface area contributed by atoms with Crippen LogP contribution in [0.3, 0.4) is 0 Å². The molecule has 2 aliphatic heterocycles. The van der Waals surface area contributed by atoms with E-state index in [-0.39, 0.29) is 11.6 Å². The SMILES string of the molecule is CCN1C(=O)/C(=C/c2cc([N+](=O)[O-])ccc2Cl)SC1=Nc1ccc(N2CCCCC2)cc1. The van der Waals surface area contributed by atoms with Crippen LogP contribution in [-0.2, 0) is 4.79 Å². The van der Waals surface area contributed by atoms with Gasteiger partial charge in [-0.3, -0.25) is 19.8 Å². The van der Waals surface area contributed by atoms with Gasteiger partial charge in [0.05, 0.1) is 15.5 Å². The summed E-state index contributed by atoms with van der Waals surface area (Å²) in [5.41, 5.74) is 2.32. The van der Waals surface area contributed by atoms with Gasteiger partial charge in [0.2, 0.25) is 0 Å². The Hall–Kier alpha value is -2.84. The van der Waals surface area contributed by atoms with E-state index in [0.29, 0.717) is 27.2 Å². The Bertz CT molecular complexity index is 1090. The van der Waals surface area contributed by atoms with E-state index in [4.69, 9.17) is 16.6 Å². The molecule has 0 spiro atoms. The molecular weight excluding hydrogens is 448 g/mol. The number of likely N-dealkylation sites (N-methyl/N-ethyl adjacent to an activating group) is 1. The Morgan fingerprint density at radius 2 is 1.88 bits per heavy atom. The molecule has 0 N–H and O–H groups in total. The first-order chi connectivity index (χ1) is 15.5. The number of carbonyl (C=O) groups excluding carboxylic acids is 1.